The topological polar surface area (TPSA) is 0 Å². The Labute approximate surface area is 142 Å². The van der Waals surface area contributed by atoms with Crippen molar-refractivity contribution in [2.75, 3.05) is 20.0 Å². The Morgan fingerprint density at radius 2 is 0.909 bits per heavy atom. The van der Waals surface area contributed by atoms with Crippen LogP contribution in [0.5, 0.6) is 0 Å². The van der Waals surface area contributed by atoms with Crippen molar-refractivity contribution in [3.8, 4) is 0 Å². The van der Waals surface area contributed by atoms with Gasteiger partial charge in [0.1, 0.15) is 0 Å². The third-order valence-corrected chi connectivity index (χ3v) is 5.38. The molecule has 1 heteroatoms. The second kappa shape index (κ2) is 16.0. The molecular weight excluding hydrogens is 283 g/mol. The molecule has 0 unspecified atom stereocenters. The molecule has 0 aromatic heterocycles. The standard InChI is InChI=1S/C21H44P/c1-5-6-7-8-9-10-11-12-13-14-15-16-17-18-19-20-21-22(2,3)4/h20-21H,5-19H2,1-4H3/q+1. The Morgan fingerprint density at radius 3 is 1.27 bits per heavy atom. The van der Waals surface area contributed by atoms with Crippen LogP contribution in [-0.4, -0.2) is 20.0 Å². The van der Waals surface area contributed by atoms with Gasteiger partial charge in [0.2, 0.25) is 0 Å². The molecule has 0 atom stereocenters. The molecule has 0 spiro atoms. The molecule has 0 nitrogen and oxygen atoms in total. The van der Waals surface area contributed by atoms with Gasteiger partial charge in [-0.2, -0.15) is 0 Å². The Morgan fingerprint density at radius 1 is 0.545 bits per heavy atom. The Kier molecular flexibility index (Phi) is 16.2. The van der Waals surface area contributed by atoms with Crippen LogP contribution in [0.4, 0.5) is 0 Å². The summed E-state index contributed by atoms with van der Waals surface area (Å²) in [4.78, 5) is 0. The van der Waals surface area contributed by atoms with Crippen LogP contribution in [0.3, 0.4) is 0 Å². The van der Waals surface area contributed by atoms with E-state index in [4.69, 9.17) is 0 Å². The van der Waals surface area contributed by atoms with Gasteiger partial charge in [0, 0.05) is 7.26 Å². The average molecular weight is 328 g/mol. The summed E-state index contributed by atoms with van der Waals surface area (Å²) >= 11 is 0. The van der Waals surface area contributed by atoms with Gasteiger partial charge < -0.3 is 0 Å². The lowest BCUT2D eigenvalue weighted by molar-refractivity contribution is 0.536. The maximum Gasteiger partial charge on any atom is 0.0539 e. The minimum absolute atomic E-state index is 0.684. The van der Waals surface area contributed by atoms with E-state index in [0.29, 0.717) is 0 Å². The summed E-state index contributed by atoms with van der Waals surface area (Å²) < 4.78 is 0. The van der Waals surface area contributed by atoms with Gasteiger partial charge >= 0.3 is 0 Å². The molecule has 0 fully saturated rings. The number of hydrogen-bond acceptors (Lipinski definition) is 0. The normalized spacial score (nSPS) is 12.4. The molecule has 0 bridgehead atoms. The van der Waals surface area contributed by atoms with Crippen molar-refractivity contribution in [3.05, 3.63) is 11.9 Å². The number of allylic oxidation sites excluding steroid dienone is 1. The van der Waals surface area contributed by atoms with E-state index in [-0.39, 0.29) is 0 Å². The van der Waals surface area contributed by atoms with E-state index in [1.54, 1.807) is 0 Å². The molecular formula is C21H44P+. The fourth-order valence-corrected chi connectivity index (χ4v) is 3.63. The quantitative estimate of drug-likeness (QED) is 0.197. The van der Waals surface area contributed by atoms with Gasteiger partial charge in [-0.1, -0.05) is 90.4 Å². The van der Waals surface area contributed by atoms with Crippen LogP contribution in [0.1, 0.15) is 103 Å². The molecule has 0 aliphatic rings. The summed E-state index contributed by atoms with van der Waals surface area (Å²) in [5.74, 6) is 2.47. The summed E-state index contributed by atoms with van der Waals surface area (Å²) in [6.07, 6.45) is 24.1. The molecule has 0 amide bonds. The molecule has 132 valence electrons. The van der Waals surface area contributed by atoms with E-state index in [9.17, 15) is 0 Å². The minimum Gasteiger partial charge on any atom is -0.0654 e. The maximum atomic E-state index is 2.47. The van der Waals surface area contributed by atoms with Gasteiger partial charge in [-0.15, -0.1) is 0 Å². The monoisotopic (exact) mass is 327 g/mol. The summed E-state index contributed by atoms with van der Waals surface area (Å²) in [6, 6.07) is 0. The first-order valence-corrected chi connectivity index (χ1v) is 13.2. The average Bonchev–Trinajstić information content (AvgIpc) is 2.45. The SMILES string of the molecule is CCCCCCCCCCCCCCCCC=C[P+](C)(C)C. The summed E-state index contributed by atoms with van der Waals surface area (Å²) in [5.41, 5.74) is 0. The van der Waals surface area contributed by atoms with Crippen molar-refractivity contribution in [2.45, 2.75) is 103 Å². The molecule has 0 aromatic carbocycles. The maximum absolute atomic E-state index is 2.47. The summed E-state index contributed by atoms with van der Waals surface area (Å²) in [5, 5.41) is 0. The zero-order chi connectivity index (χ0) is 16.5. The van der Waals surface area contributed by atoms with E-state index in [1.165, 1.54) is 96.3 Å². The number of rotatable bonds is 16. The van der Waals surface area contributed by atoms with Gasteiger partial charge in [-0.05, 0) is 18.9 Å². The largest absolute Gasteiger partial charge is 0.0654 e. The zero-order valence-electron chi connectivity index (χ0n) is 16.2. The third kappa shape index (κ3) is 20.2. The van der Waals surface area contributed by atoms with Crippen LogP contribution >= 0.6 is 7.26 Å². The molecule has 0 aromatic rings. The first kappa shape index (κ1) is 22.2. The van der Waals surface area contributed by atoms with E-state index in [0.717, 1.165) is 0 Å². The van der Waals surface area contributed by atoms with Crippen LogP contribution in [-0.2, 0) is 0 Å². The second-order valence-corrected chi connectivity index (χ2v) is 12.4. The van der Waals surface area contributed by atoms with E-state index < -0.39 is 7.26 Å². The van der Waals surface area contributed by atoms with Gasteiger partial charge in [0.05, 0.1) is 25.8 Å². The van der Waals surface area contributed by atoms with Crippen LogP contribution in [0.15, 0.2) is 11.9 Å². The van der Waals surface area contributed by atoms with E-state index >= 15 is 0 Å². The molecule has 22 heavy (non-hydrogen) atoms. The van der Waals surface area contributed by atoms with Crippen molar-refractivity contribution in [1.82, 2.24) is 0 Å². The van der Waals surface area contributed by atoms with Gasteiger partial charge in [-0.3, -0.25) is 0 Å². The fraction of sp³-hybridized carbons (Fsp3) is 0.905. The highest BCUT2D eigenvalue weighted by Crippen LogP contribution is 2.48. The Bertz CT molecular complexity index is 237. The molecule has 0 saturated carbocycles. The predicted octanol–water partition coefficient (Wildman–Crippen LogP) is 8.28. The first-order chi connectivity index (χ1) is 10.6. The number of unbranched alkanes of at least 4 members (excludes halogenated alkanes) is 14. The Hall–Kier alpha value is 0.170. The van der Waals surface area contributed by atoms with Crippen molar-refractivity contribution in [1.29, 1.82) is 0 Å². The summed E-state index contributed by atoms with van der Waals surface area (Å²) in [7, 11) is -0.684. The third-order valence-electron chi connectivity index (χ3n) is 4.28. The Balaban J connectivity index is 3.07. The lowest BCUT2D eigenvalue weighted by atomic mass is 10.0. The van der Waals surface area contributed by atoms with E-state index in [1.807, 2.05) is 0 Å². The van der Waals surface area contributed by atoms with Crippen LogP contribution in [0.2, 0.25) is 0 Å². The zero-order valence-corrected chi connectivity index (χ0v) is 17.1. The molecule has 0 aliphatic carbocycles. The lowest BCUT2D eigenvalue weighted by Crippen LogP contribution is -1.83. The van der Waals surface area contributed by atoms with Gasteiger partial charge in [0.25, 0.3) is 0 Å². The first-order valence-electron chi connectivity index (χ1n) is 10.0. The molecule has 0 aliphatic heterocycles. The van der Waals surface area contributed by atoms with Gasteiger partial charge in [0.15, 0.2) is 0 Å². The highest BCUT2D eigenvalue weighted by molar-refractivity contribution is 7.76. The molecule has 0 radical (unpaired) electrons. The molecule has 0 heterocycles. The highest BCUT2D eigenvalue weighted by atomic mass is 31.2. The molecule has 0 N–H and O–H groups in total. The van der Waals surface area contributed by atoms with Crippen LogP contribution < -0.4 is 0 Å². The molecule has 0 saturated heterocycles. The van der Waals surface area contributed by atoms with Crippen molar-refractivity contribution in [3.63, 3.8) is 0 Å². The number of hydrogen-bond donors (Lipinski definition) is 0. The summed E-state index contributed by atoms with van der Waals surface area (Å²) in [6.45, 7) is 9.45. The van der Waals surface area contributed by atoms with E-state index in [2.05, 4.69) is 38.8 Å². The molecule has 0 rings (SSSR count). The second-order valence-electron chi connectivity index (χ2n) is 7.89. The fourth-order valence-electron chi connectivity index (χ4n) is 2.85. The van der Waals surface area contributed by atoms with Crippen molar-refractivity contribution < 1.29 is 0 Å². The predicted molar refractivity (Wildman–Crippen MR) is 109 cm³/mol. The highest BCUT2D eigenvalue weighted by Gasteiger charge is 2.10. The minimum atomic E-state index is -0.684. The van der Waals surface area contributed by atoms with Crippen molar-refractivity contribution in [2.24, 2.45) is 0 Å². The van der Waals surface area contributed by atoms with Crippen LogP contribution in [0.25, 0.3) is 0 Å². The lowest BCUT2D eigenvalue weighted by Gasteiger charge is -2.04. The van der Waals surface area contributed by atoms with Crippen LogP contribution in [0, 0.1) is 0 Å². The van der Waals surface area contributed by atoms with Gasteiger partial charge in [-0.25, -0.2) is 0 Å². The van der Waals surface area contributed by atoms with Crippen molar-refractivity contribution >= 4 is 7.26 Å². The smallest absolute Gasteiger partial charge is 0.0539 e.